The van der Waals surface area contributed by atoms with Gasteiger partial charge in [-0.1, -0.05) is 0 Å². The van der Waals surface area contributed by atoms with Gasteiger partial charge in [0.25, 0.3) is 0 Å². The highest BCUT2D eigenvalue weighted by Crippen LogP contribution is 2.70. The van der Waals surface area contributed by atoms with E-state index < -0.39 is 0 Å². The Morgan fingerprint density at radius 2 is 2.00 bits per heavy atom. The summed E-state index contributed by atoms with van der Waals surface area (Å²) >= 11 is 0. The maximum absolute atomic E-state index is 12.4. The number of aromatic nitrogens is 2. The van der Waals surface area contributed by atoms with Gasteiger partial charge in [-0.05, 0) is 76.0 Å². The van der Waals surface area contributed by atoms with E-state index in [-0.39, 0.29) is 0 Å². The van der Waals surface area contributed by atoms with Crippen molar-refractivity contribution in [2.45, 2.75) is 83.2 Å². The number of hydrogen-bond acceptors (Lipinski definition) is 4. The molecule has 0 bridgehead atoms. The molecule has 5 nitrogen and oxygen atoms in total. The Bertz CT molecular complexity index is 710. The fraction of sp³-hybridized carbons (Fsp3) is 0.762. The second-order valence-electron chi connectivity index (χ2n) is 9.29. The average molecular weight is 354 g/mol. The molecule has 26 heavy (non-hydrogen) atoms. The summed E-state index contributed by atoms with van der Waals surface area (Å²) in [5, 5.41) is 6.97. The van der Waals surface area contributed by atoms with Crippen molar-refractivity contribution in [1.29, 1.82) is 0 Å². The molecule has 0 saturated heterocycles. The molecule has 3 unspecified atom stereocenters. The quantitative estimate of drug-likeness (QED) is 0.822. The predicted octanol–water partition coefficient (Wildman–Crippen LogP) is 3.38. The van der Waals surface area contributed by atoms with Crippen molar-refractivity contribution < 1.29 is 4.79 Å². The van der Waals surface area contributed by atoms with Crippen LogP contribution < -0.4 is 10.6 Å². The number of nitrogens with zero attached hydrogens (tertiary/aromatic N) is 2. The highest BCUT2D eigenvalue weighted by molar-refractivity contribution is 5.83. The molecule has 3 atom stereocenters. The van der Waals surface area contributed by atoms with Crippen LogP contribution in [-0.2, 0) is 11.2 Å². The molecule has 1 aromatic heterocycles. The Morgan fingerprint density at radius 3 is 2.73 bits per heavy atom. The zero-order valence-electron chi connectivity index (χ0n) is 15.8. The Hall–Kier alpha value is -1.65. The van der Waals surface area contributed by atoms with Gasteiger partial charge in [-0.2, -0.15) is 0 Å². The van der Waals surface area contributed by atoms with Crippen LogP contribution in [0.2, 0.25) is 0 Å². The number of hydrogen-bond donors (Lipinski definition) is 2. The maximum atomic E-state index is 12.4. The molecule has 0 aromatic carbocycles. The van der Waals surface area contributed by atoms with Crippen LogP contribution in [0.3, 0.4) is 0 Å². The minimum absolute atomic E-state index is 0.317. The average Bonchev–Trinajstić information content (AvgIpc) is 3.46. The van der Waals surface area contributed by atoms with E-state index in [0.29, 0.717) is 29.3 Å². The third kappa shape index (κ3) is 3.58. The normalized spacial score (nSPS) is 31.5. The Kier molecular flexibility index (Phi) is 3.94. The molecule has 1 amide bonds. The molecule has 0 radical (unpaired) electrons. The molecule has 2 N–H and O–H groups in total. The number of carbonyl (C=O) groups excluding carboxylic acids is 1. The summed E-state index contributed by atoms with van der Waals surface area (Å²) in [4.78, 5) is 21.8. The Balaban J connectivity index is 1.17. The van der Waals surface area contributed by atoms with Gasteiger partial charge in [-0.25, -0.2) is 9.97 Å². The lowest BCUT2D eigenvalue weighted by atomic mass is 9.90. The van der Waals surface area contributed by atoms with Crippen LogP contribution >= 0.6 is 0 Å². The van der Waals surface area contributed by atoms with Gasteiger partial charge >= 0.3 is 0 Å². The third-order valence-corrected chi connectivity index (χ3v) is 6.84. The van der Waals surface area contributed by atoms with E-state index in [1.165, 1.54) is 25.7 Å². The summed E-state index contributed by atoms with van der Waals surface area (Å²) in [5.74, 6) is 3.39. The van der Waals surface area contributed by atoms with Crippen LogP contribution in [0.4, 0.5) is 5.82 Å². The first-order valence-corrected chi connectivity index (χ1v) is 10.5. The largest absolute Gasteiger partial charge is 0.367 e. The fourth-order valence-electron chi connectivity index (χ4n) is 4.77. The molecular weight excluding hydrogens is 324 g/mol. The van der Waals surface area contributed by atoms with Crippen molar-refractivity contribution in [3.05, 3.63) is 17.6 Å². The maximum Gasteiger partial charge on any atom is 0.223 e. The minimum atomic E-state index is 0.317. The summed E-state index contributed by atoms with van der Waals surface area (Å²) in [6.45, 7) is 2.05. The van der Waals surface area contributed by atoms with Gasteiger partial charge in [0.2, 0.25) is 5.91 Å². The molecule has 1 heterocycles. The van der Waals surface area contributed by atoms with Crippen LogP contribution in [0.1, 0.15) is 69.3 Å². The number of amides is 1. The molecule has 5 heteroatoms. The molecule has 4 aliphatic carbocycles. The van der Waals surface area contributed by atoms with Crippen molar-refractivity contribution in [2.75, 3.05) is 5.32 Å². The Labute approximate surface area is 155 Å². The van der Waals surface area contributed by atoms with Gasteiger partial charge in [0, 0.05) is 36.2 Å². The molecule has 4 aliphatic rings. The van der Waals surface area contributed by atoms with Gasteiger partial charge in [-0.3, -0.25) is 4.79 Å². The van der Waals surface area contributed by atoms with Crippen molar-refractivity contribution >= 4 is 11.7 Å². The van der Waals surface area contributed by atoms with E-state index in [4.69, 9.17) is 4.98 Å². The molecule has 140 valence electrons. The lowest BCUT2D eigenvalue weighted by Gasteiger charge is -2.31. The van der Waals surface area contributed by atoms with E-state index in [1.54, 1.807) is 0 Å². The van der Waals surface area contributed by atoms with E-state index in [2.05, 4.69) is 28.6 Å². The van der Waals surface area contributed by atoms with Crippen LogP contribution in [-0.4, -0.2) is 28.0 Å². The molecule has 4 saturated carbocycles. The van der Waals surface area contributed by atoms with E-state index in [0.717, 1.165) is 61.8 Å². The van der Waals surface area contributed by atoms with Gasteiger partial charge in [0.05, 0.1) is 0 Å². The monoisotopic (exact) mass is 354 g/mol. The second-order valence-corrected chi connectivity index (χ2v) is 9.29. The standard InChI is InChI=1S/C21H30N4O/c1-13-9-18(25-19(22-13)10-14-5-6-14)23-15-3-2-4-16(11-15)24-20(26)17-12-21(17)7-8-21/h9,14-17H,2-8,10-12H2,1H3,(H,24,26)(H,22,23,25). The first-order chi connectivity index (χ1) is 12.6. The van der Waals surface area contributed by atoms with Gasteiger partial charge in [-0.15, -0.1) is 0 Å². The second kappa shape index (κ2) is 6.21. The van der Waals surface area contributed by atoms with Crippen molar-refractivity contribution in [1.82, 2.24) is 15.3 Å². The first kappa shape index (κ1) is 16.5. The van der Waals surface area contributed by atoms with Crippen molar-refractivity contribution in [3.8, 4) is 0 Å². The lowest BCUT2D eigenvalue weighted by molar-refractivity contribution is -0.123. The molecule has 1 aromatic rings. The summed E-state index contributed by atoms with van der Waals surface area (Å²) in [5.41, 5.74) is 1.50. The minimum Gasteiger partial charge on any atom is -0.367 e. The highest BCUT2D eigenvalue weighted by Gasteiger charge is 2.65. The summed E-state index contributed by atoms with van der Waals surface area (Å²) in [7, 11) is 0. The van der Waals surface area contributed by atoms with Gasteiger partial charge < -0.3 is 10.6 Å². The fourth-order valence-corrected chi connectivity index (χ4v) is 4.77. The summed E-state index contributed by atoms with van der Waals surface area (Å²) in [6.07, 6.45) is 11.8. The van der Waals surface area contributed by atoms with E-state index in [1.807, 2.05) is 0 Å². The molecule has 0 aliphatic heterocycles. The number of rotatable bonds is 6. The van der Waals surface area contributed by atoms with Crippen LogP contribution in [0.5, 0.6) is 0 Å². The predicted molar refractivity (Wildman–Crippen MR) is 101 cm³/mol. The van der Waals surface area contributed by atoms with Crippen molar-refractivity contribution in [2.24, 2.45) is 17.3 Å². The zero-order valence-corrected chi connectivity index (χ0v) is 15.8. The molecular formula is C21H30N4O. The van der Waals surface area contributed by atoms with Crippen LogP contribution in [0, 0.1) is 24.2 Å². The number of anilines is 1. The zero-order chi connectivity index (χ0) is 17.7. The van der Waals surface area contributed by atoms with Crippen LogP contribution in [0.15, 0.2) is 6.07 Å². The van der Waals surface area contributed by atoms with E-state index in [9.17, 15) is 4.79 Å². The smallest absolute Gasteiger partial charge is 0.223 e. The highest BCUT2D eigenvalue weighted by atomic mass is 16.2. The van der Waals surface area contributed by atoms with Crippen LogP contribution in [0.25, 0.3) is 0 Å². The van der Waals surface area contributed by atoms with Gasteiger partial charge in [0.15, 0.2) is 0 Å². The molecule has 4 fully saturated rings. The Morgan fingerprint density at radius 1 is 1.19 bits per heavy atom. The SMILES string of the molecule is Cc1cc(NC2CCCC(NC(=O)C3CC34CC4)C2)nc(CC2CC2)n1. The number of carbonyl (C=O) groups is 1. The lowest BCUT2D eigenvalue weighted by Crippen LogP contribution is -2.42. The number of aryl methyl sites for hydroxylation is 1. The number of nitrogens with one attached hydrogen (secondary N) is 2. The summed E-state index contributed by atoms with van der Waals surface area (Å²) < 4.78 is 0. The summed E-state index contributed by atoms with van der Waals surface area (Å²) in [6, 6.07) is 2.77. The van der Waals surface area contributed by atoms with E-state index >= 15 is 0 Å². The third-order valence-electron chi connectivity index (χ3n) is 6.84. The molecule has 5 rings (SSSR count). The van der Waals surface area contributed by atoms with Gasteiger partial charge in [0.1, 0.15) is 11.6 Å². The topological polar surface area (TPSA) is 66.9 Å². The molecule has 1 spiro atoms. The van der Waals surface area contributed by atoms with Crippen molar-refractivity contribution in [3.63, 3.8) is 0 Å². The first-order valence-electron chi connectivity index (χ1n) is 10.5.